The van der Waals surface area contributed by atoms with E-state index in [1.165, 1.54) is 5.56 Å². The van der Waals surface area contributed by atoms with Crippen molar-refractivity contribution >= 4 is 38.3 Å². The van der Waals surface area contributed by atoms with E-state index in [1.807, 2.05) is 32.0 Å². The van der Waals surface area contributed by atoms with Crippen molar-refractivity contribution in [2.75, 3.05) is 13.2 Å². The first-order valence-corrected chi connectivity index (χ1v) is 11.0. The maximum absolute atomic E-state index is 13.1. The molecule has 0 amide bonds. The number of aryl methyl sites for hydroxylation is 3. The summed E-state index contributed by atoms with van der Waals surface area (Å²) in [6.45, 7) is 15.8. The molecule has 0 radical (unpaired) electrons. The fourth-order valence-electron chi connectivity index (χ4n) is 3.06. The summed E-state index contributed by atoms with van der Waals surface area (Å²) in [6, 6.07) is 9.98. The molecule has 5 heteroatoms. The van der Waals surface area contributed by atoms with Gasteiger partial charge in [-0.05, 0) is 64.4 Å². The van der Waals surface area contributed by atoms with Crippen LogP contribution < -0.4 is 14.8 Å². The van der Waals surface area contributed by atoms with Crippen LogP contribution in [0.25, 0.3) is 0 Å². The van der Waals surface area contributed by atoms with Gasteiger partial charge in [0.15, 0.2) is 5.52 Å². The molecule has 0 saturated heterocycles. The Hall–Kier alpha value is -1.26. The molecule has 2 aromatic carbocycles. The Bertz CT molecular complexity index is 808. The molecule has 2 rings (SSSR count). The van der Waals surface area contributed by atoms with Crippen LogP contribution in [0.3, 0.4) is 0 Å². The van der Waals surface area contributed by atoms with Crippen molar-refractivity contribution in [3.63, 3.8) is 0 Å². The van der Waals surface area contributed by atoms with Crippen LogP contribution in [0.1, 0.15) is 54.7 Å². The van der Waals surface area contributed by atoms with Gasteiger partial charge in [0, 0.05) is 16.9 Å². The van der Waals surface area contributed by atoms with Gasteiger partial charge in [0.25, 0.3) is 0 Å². The average molecular weight is 408 g/mol. The van der Waals surface area contributed by atoms with Gasteiger partial charge in [-0.15, -0.1) is 0 Å². The molecule has 0 bridgehead atoms. The number of ether oxygens (including phenoxy) is 2. The third kappa shape index (κ3) is 7.82. The van der Waals surface area contributed by atoms with Crippen LogP contribution in [0.5, 0.6) is 11.5 Å². The summed E-state index contributed by atoms with van der Waals surface area (Å²) >= 11 is 0. The predicted octanol–water partition coefficient (Wildman–Crippen LogP) is 5.18. The zero-order chi connectivity index (χ0) is 20.8. The third-order valence-electron chi connectivity index (χ3n) is 4.26. The molecule has 29 heavy (non-hydrogen) atoms. The van der Waals surface area contributed by atoms with Gasteiger partial charge in [-0.3, -0.25) is 4.79 Å². The van der Waals surface area contributed by atoms with Crippen molar-refractivity contribution in [1.29, 1.82) is 0 Å². The molecule has 0 heterocycles. The van der Waals surface area contributed by atoms with Crippen molar-refractivity contribution in [3.05, 3.63) is 52.6 Å². The van der Waals surface area contributed by atoms with Crippen molar-refractivity contribution in [1.82, 2.24) is 0 Å². The quantitative estimate of drug-likeness (QED) is 0.424. The standard InChI is InChI=1S/C24H33O3P.Li.H/c1-15(2)13-26-20-8-9-22(21(12-20)27-14-16(3)4)28-24(25)23-18(6)10-17(5)11-19(23)7;;/h8-12,15-16,28H,13-14H2,1-7H3;;. The molecular weight excluding hydrogens is 374 g/mol. The van der Waals surface area contributed by atoms with Crippen LogP contribution in [-0.2, 0) is 0 Å². The van der Waals surface area contributed by atoms with E-state index in [9.17, 15) is 4.79 Å². The molecule has 0 fully saturated rings. The van der Waals surface area contributed by atoms with Gasteiger partial charge in [-0.1, -0.05) is 45.4 Å². The third-order valence-corrected chi connectivity index (χ3v) is 5.42. The molecular formula is C24H34LiO3P. The summed E-state index contributed by atoms with van der Waals surface area (Å²) in [5.41, 5.74) is 4.25. The summed E-state index contributed by atoms with van der Waals surface area (Å²) in [5.74, 6) is 2.41. The Morgan fingerprint density at radius 1 is 0.897 bits per heavy atom. The number of carbonyl (C=O) groups is 1. The summed E-state index contributed by atoms with van der Waals surface area (Å²) in [4.78, 5) is 13.1. The molecule has 154 valence electrons. The van der Waals surface area contributed by atoms with Gasteiger partial charge in [0.05, 0.1) is 13.2 Å². The summed E-state index contributed by atoms with van der Waals surface area (Å²) in [7, 11) is 0.0218. The first kappa shape index (κ1) is 25.8. The van der Waals surface area contributed by atoms with Crippen LogP contribution in [0.15, 0.2) is 30.3 Å². The number of hydrogen-bond acceptors (Lipinski definition) is 3. The van der Waals surface area contributed by atoms with Gasteiger partial charge in [0.2, 0.25) is 0 Å². The van der Waals surface area contributed by atoms with Crippen molar-refractivity contribution < 1.29 is 14.3 Å². The molecule has 0 aliphatic heterocycles. The number of benzene rings is 2. The van der Waals surface area contributed by atoms with Crippen LogP contribution in [0, 0.1) is 32.6 Å². The fourth-order valence-corrected chi connectivity index (χ4v) is 4.26. The van der Waals surface area contributed by atoms with Gasteiger partial charge >= 0.3 is 18.9 Å². The van der Waals surface area contributed by atoms with E-state index in [2.05, 4.69) is 46.8 Å². The first-order chi connectivity index (χ1) is 13.2. The minimum absolute atomic E-state index is 0. The van der Waals surface area contributed by atoms with E-state index in [0.29, 0.717) is 25.0 Å². The Balaban J connectivity index is 0.00000420. The molecule has 0 aromatic heterocycles. The normalized spacial score (nSPS) is 11.2. The molecule has 0 aliphatic rings. The second-order valence-corrected chi connectivity index (χ2v) is 9.54. The molecule has 3 nitrogen and oxygen atoms in total. The van der Waals surface area contributed by atoms with Crippen molar-refractivity contribution in [2.24, 2.45) is 11.8 Å². The van der Waals surface area contributed by atoms with Crippen LogP contribution >= 0.6 is 8.58 Å². The van der Waals surface area contributed by atoms with Crippen LogP contribution in [0.4, 0.5) is 0 Å². The van der Waals surface area contributed by atoms with Gasteiger partial charge in [0.1, 0.15) is 11.5 Å². The van der Waals surface area contributed by atoms with E-state index in [-0.39, 0.29) is 33.0 Å². The Morgan fingerprint density at radius 2 is 1.45 bits per heavy atom. The molecule has 2 aromatic rings. The number of carbonyl (C=O) groups excluding carboxylic acids is 1. The monoisotopic (exact) mass is 408 g/mol. The van der Waals surface area contributed by atoms with Gasteiger partial charge < -0.3 is 9.47 Å². The second kappa shape index (κ2) is 11.8. The SMILES string of the molecule is Cc1cc(C)c(C(=O)Pc2ccc(OCC(C)C)cc2OCC(C)C)c(C)c1.[LiH]. The Labute approximate surface area is 189 Å². The molecule has 0 aliphatic carbocycles. The van der Waals surface area contributed by atoms with Gasteiger partial charge in [-0.2, -0.15) is 0 Å². The fraction of sp³-hybridized carbons (Fsp3) is 0.458. The van der Waals surface area contributed by atoms with Crippen LogP contribution in [-0.4, -0.2) is 37.6 Å². The second-order valence-electron chi connectivity index (χ2n) is 8.30. The zero-order valence-corrected chi connectivity index (χ0v) is 19.2. The zero-order valence-electron chi connectivity index (χ0n) is 18.2. The van der Waals surface area contributed by atoms with Gasteiger partial charge in [-0.25, -0.2) is 0 Å². The predicted molar refractivity (Wildman–Crippen MR) is 127 cm³/mol. The van der Waals surface area contributed by atoms with E-state index >= 15 is 0 Å². The summed E-state index contributed by atoms with van der Waals surface area (Å²) in [6.07, 6.45) is 0. The minimum atomic E-state index is 0. The number of rotatable bonds is 9. The molecule has 0 spiro atoms. The Kier molecular flexibility index (Phi) is 10.5. The first-order valence-electron chi connectivity index (χ1n) is 9.96. The Morgan fingerprint density at radius 3 is 2.00 bits per heavy atom. The van der Waals surface area contributed by atoms with E-state index in [4.69, 9.17) is 9.47 Å². The molecule has 1 atom stereocenters. The van der Waals surface area contributed by atoms with Crippen LogP contribution in [0.2, 0.25) is 0 Å². The summed E-state index contributed by atoms with van der Waals surface area (Å²) < 4.78 is 11.9. The molecule has 0 saturated carbocycles. The maximum atomic E-state index is 13.1. The summed E-state index contributed by atoms with van der Waals surface area (Å²) in [5, 5.41) is 0.932. The van der Waals surface area contributed by atoms with E-state index < -0.39 is 0 Å². The topological polar surface area (TPSA) is 35.5 Å². The molecule has 0 N–H and O–H groups in total. The van der Waals surface area contributed by atoms with Crippen molar-refractivity contribution in [2.45, 2.75) is 48.5 Å². The van der Waals surface area contributed by atoms with E-state index in [0.717, 1.165) is 33.5 Å². The van der Waals surface area contributed by atoms with E-state index in [1.54, 1.807) is 0 Å². The number of hydrogen-bond donors (Lipinski definition) is 0. The van der Waals surface area contributed by atoms with Crippen molar-refractivity contribution in [3.8, 4) is 11.5 Å². The molecule has 1 unspecified atom stereocenters. The average Bonchev–Trinajstić information content (AvgIpc) is 2.58.